The van der Waals surface area contributed by atoms with Crippen LogP contribution in [0.1, 0.15) is 23.5 Å². The number of aliphatic hydroxyl groups is 1. The van der Waals surface area contributed by atoms with E-state index in [9.17, 15) is 23.4 Å². The van der Waals surface area contributed by atoms with Crippen LogP contribution in [0.5, 0.6) is 5.75 Å². The average molecular weight is 480 g/mol. The summed E-state index contributed by atoms with van der Waals surface area (Å²) in [6.45, 7) is 3.59. The standard InChI is InChI=1S/C20H18BrNO6S/c1-10(20(24)25)13-3-2-4-14-17-16(28-19(13)14)9-15(23)18(17)22-29(26,27)12-7-5-11(21)6-8-12/h2-8,15-18,22-23H,1,9H2,(H,24,25). The van der Waals surface area contributed by atoms with Crippen molar-refractivity contribution in [3.63, 3.8) is 0 Å². The highest BCUT2D eigenvalue weighted by molar-refractivity contribution is 9.10. The van der Waals surface area contributed by atoms with Crippen molar-refractivity contribution in [3.05, 3.63) is 64.6 Å². The highest BCUT2D eigenvalue weighted by atomic mass is 79.9. The molecule has 1 saturated carbocycles. The van der Waals surface area contributed by atoms with Crippen molar-refractivity contribution in [2.45, 2.75) is 35.5 Å². The predicted molar refractivity (Wildman–Crippen MR) is 109 cm³/mol. The smallest absolute Gasteiger partial charge is 0.335 e. The molecular formula is C20H18BrNO6S. The van der Waals surface area contributed by atoms with E-state index in [1.165, 1.54) is 12.1 Å². The summed E-state index contributed by atoms with van der Waals surface area (Å²) in [6, 6.07) is 10.4. The second kappa shape index (κ2) is 7.24. The number of nitrogens with one attached hydrogen (secondary N) is 1. The molecule has 1 heterocycles. The van der Waals surface area contributed by atoms with Gasteiger partial charge >= 0.3 is 5.97 Å². The molecule has 9 heteroatoms. The highest BCUT2D eigenvalue weighted by Gasteiger charge is 2.51. The number of sulfonamides is 1. The number of aliphatic hydroxyl groups excluding tert-OH is 1. The molecule has 7 nitrogen and oxygen atoms in total. The lowest BCUT2D eigenvalue weighted by atomic mass is 9.91. The second-order valence-corrected chi connectivity index (χ2v) is 9.72. The summed E-state index contributed by atoms with van der Waals surface area (Å²) in [5, 5.41) is 19.8. The fourth-order valence-electron chi connectivity index (χ4n) is 3.98. The minimum Gasteiger partial charge on any atom is -0.489 e. The van der Waals surface area contributed by atoms with Gasteiger partial charge < -0.3 is 14.9 Å². The molecule has 2 aromatic carbocycles. The van der Waals surface area contributed by atoms with Crippen LogP contribution in [0.4, 0.5) is 0 Å². The number of rotatable bonds is 5. The van der Waals surface area contributed by atoms with Crippen molar-refractivity contribution in [1.29, 1.82) is 0 Å². The summed E-state index contributed by atoms with van der Waals surface area (Å²) in [7, 11) is -3.87. The van der Waals surface area contributed by atoms with Crippen molar-refractivity contribution in [1.82, 2.24) is 4.72 Å². The number of hydrogen-bond donors (Lipinski definition) is 3. The number of para-hydroxylation sites is 1. The molecule has 4 unspecified atom stereocenters. The number of halogens is 1. The van der Waals surface area contributed by atoms with Crippen molar-refractivity contribution in [2.75, 3.05) is 0 Å². The van der Waals surface area contributed by atoms with Gasteiger partial charge in [0.15, 0.2) is 0 Å². The van der Waals surface area contributed by atoms with Crippen LogP contribution < -0.4 is 9.46 Å². The Kier molecular flexibility index (Phi) is 5.02. The van der Waals surface area contributed by atoms with E-state index in [-0.39, 0.29) is 16.9 Å². The Labute approximate surface area is 176 Å². The minimum absolute atomic E-state index is 0.0866. The molecule has 1 aliphatic heterocycles. The van der Waals surface area contributed by atoms with Gasteiger partial charge in [0.25, 0.3) is 0 Å². The van der Waals surface area contributed by atoms with Gasteiger partial charge in [0.2, 0.25) is 10.0 Å². The molecule has 1 aliphatic carbocycles. The van der Waals surface area contributed by atoms with Crippen molar-refractivity contribution in [3.8, 4) is 5.75 Å². The van der Waals surface area contributed by atoms with E-state index < -0.39 is 40.2 Å². The lowest BCUT2D eigenvalue weighted by Crippen LogP contribution is -2.43. The lowest BCUT2D eigenvalue weighted by molar-refractivity contribution is -0.130. The maximum Gasteiger partial charge on any atom is 0.335 e. The topological polar surface area (TPSA) is 113 Å². The maximum atomic E-state index is 12.8. The normalized spacial score (nSPS) is 25.2. The summed E-state index contributed by atoms with van der Waals surface area (Å²) in [5.74, 6) is -1.21. The van der Waals surface area contributed by atoms with E-state index in [0.29, 0.717) is 16.9 Å². The number of carboxylic acids is 1. The molecule has 0 amide bonds. The van der Waals surface area contributed by atoms with Crippen molar-refractivity contribution in [2.24, 2.45) is 0 Å². The Morgan fingerprint density at radius 2 is 1.90 bits per heavy atom. The second-order valence-electron chi connectivity index (χ2n) is 7.09. The first-order valence-corrected chi connectivity index (χ1v) is 11.1. The molecule has 0 spiro atoms. The molecule has 0 saturated heterocycles. The van der Waals surface area contributed by atoms with Gasteiger partial charge in [0.05, 0.1) is 22.6 Å². The molecule has 0 bridgehead atoms. The molecule has 0 aromatic heterocycles. The van der Waals surface area contributed by atoms with Gasteiger partial charge in [-0.15, -0.1) is 0 Å². The zero-order valence-corrected chi connectivity index (χ0v) is 17.5. The van der Waals surface area contributed by atoms with E-state index in [1.54, 1.807) is 30.3 Å². The van der Waals surface area contributed by atoms with E-state index >= 15 is 0 Å². The van der Waals surface area contributed by atoms with E-state index in [0.717, 1.165) is 4.47 Å². The Hall–Kier alpha value is -2.20. The SMILES string of the molecule is C=C(C(=O)O)c1cccc2c1OC1CC(O)C(NS(=O)(=O)c3ccc(Br)cc3)C21. The van der Waals surface area contributed by atoms with E-state index in [4.69, 9.17) is 4.74 Å². The molecule has 2 aromatic rings. The Morgan fingerprint density at radius 1 is 1.21 bits per heavy atom. The minimum atomic E-state index is -3.87. The van der Waals surface area contributed by atoms with Crippen molar-refractivity contribution < 1.29 is 28.2 Å². The predicted octanol–water partition coefficient (Wildman–Crippen LogP) is 2.50. The number of benzene rings is 2. The molecule has 3 N–H and O–H groups in total. The van der Waals surface area contributed by atoms with Crippen LogP contribution in [-0.2, 0) is 14.8 Å². The summed E-state index contributed by atoms with van der Waals surface area (Å²) in [5.41, 5.74) is 0.915. The van der Waals surface area contributed by atoms with Gasteiger partial charge in [-0.1, -0.05) is 40.7 Å². The van der Waals surface area contributed by atoms with Crippen LogP contribution in [0.2, 0.25) is 0 Å². The Bertz CT molecular complexity index is 1100. The first-order valence-electron chi connectivity index (χ1n) is 8.87. The molecular weight excluding hydrogens is 462 g/mol. The molecule has 29 heavy (non-hydrogen) atoms. The monoisotopic (exact) mass is 479 g/mol. The zero-order valence-electron chi connectivity index (χ0n) is 15.1. The molecule has 4 rings (SSSR count). The van der Waals surface area contributed by atoms with Crippen LogP contribution in [0.3, 0.4) is 0 Å². The number of carboxylic acid groups (broad SMARTS) is 1. The number of aliphatic carboxylic acids is 1. The number of carbonyl (C=O) groups is 1. The van der Waals surface area contributed by atoms with Gasteiger partial charge in [-0.25, -0.2) is 17.9 Å². The summed E-state index contributed by atoms with van der Waals surface area (Å²) < 4.78 is 35.0. The van der Waals surface area contributed by atoms with Gasteiger partial charge in [0.1, 0.15) is 11.9 Å². The van der Waals surface area contributed by atoms with E-state index in [1.807, 2.05) is 0 Å². The Balaban J connectivity index is 1.69. The molecule has 2 aliphatic rings. The largest absolute Gasteiger partial charge is 0.489 e. The number of fused-ring (bicyclic) bond motifs is 3. The van der Waals surface area contributed by atoms with Crippen molar-refractivity contribution >= 4 is 37.5 Å². The molecule has 0 radical (unpaired) electrons. The first-order chi connectivity index (χ1) is 13.7. The maximum absolute atomic E-state index is 12.8. The van der Waals surface area contributed by atoms with Crippen LogP contribution in [0.15, 0.2) is 58.4 Å². The van der Waals surface area contributed by atoms with Crippen LogP contribution in [0, 0.1) is 0 Å². The average Bonchev–Trinajstić information content (AvgIpc) is 3.17. The summed E-state index contributed by atoms with van der Waals surface area (Å²) in [4.78, 5) is 11.4. The zero-order chi connectivity index (χ0) is 20.9. The van der Waals surface area contributed by atoms with E-state index in [2.05, 4.69) is 27.2 Å². The highest BCUT2D eigenvalue weighted by Crippen LogP contribution is 2.49. The van der Waals surface area contributed by atoms with Crippen LogP contribution >= 0.6 is 15.9 Å². The summed E-state index contributed by atoms with van der Waals surface area (Å²) >= 11 is 3.27. The fraction of sp³-hybridized carbons (Fsp3) is 0.250. The van der Waals surface area contributed by atoms with Crippen LogP contribution in [-0.4, -0.2) is 42.8 Å². The molecule has 4 atom stereocenters. The number of ether oxygens (including phenoxy) is 1. The molecule has 1 fully saturated rings. The summed E-state index contributed by atoms with van der Waals surface area (Å²) in [6.07, 6.45) is -1.17. The van der Waals surface area contributed by atoms with Gasteiger partial charge in [-0.3, -0.25) is 0 Å². The lowest BCUT2D eigenvalue weighted by Gasteiger charge is -2.22. The quantitative estimate of drug-likeness (QED) is 0.567. The third-order valence-corrected chi connectivity index (χ3v) is 7.35. The first kappa shape index (κ1) is 20.1. The van der Waals surface area contributed by atoms with Crippen LogP contribution in [0.25, 0.3) is 5.57 Å². The molecule has 152 valence electrons. The third-order valence-electron chi connectivity index (χ3n) is 5.35. The van der Waals surface area contributed by atoms with Gasteiger partial charge in [-0.2, -0.15) is 0 Å². The van der Waals surface area contributed by atoms with Gasteiger partial charge in [-0.05, 0) is 24.3 Å². The third kappa shape index (κ3) is 3.48. The Morgan fingerprint density at radius 3 is 2.55 bits per heavy atom. The van der Waals surface area contributed by atoms with Gasteiger partial charge in [0, 0.05) is 27.9 Å². The fourth-order valence-corrected chi connectivity index (χ4v) is 5.54. The number of hydrogen-bond acceptors (Lipinski definition) is 5.